The summed E-state index contributed by atoms with van der Waals surface area (Å²) in [6, 6.07) is 4.44. The van der Waals surface area contributed by atoms with Gasteiger partial charge in [0.2, 0.25) is 0 Å². The number of aliphatic carboxylic acids is 1. The number of carbonyl (C=O) groups is 1. The number of alkyl halides is 3. The first-order valence-electron chi connectivity index (χ1n) is 14.1. The summed E-state index contributed by atoms with van der Waals surface area (Å²) in [6.45, 7) is 7.16. The number of pyridine rings is 1. The molecule has 232 valence electrons. The number of carboxylic acids is 1. The number of thiazole rings is 1. The molecule has 2 N–H and O–H groups in total. The summed E-state index contributed by atoms with van der Waals surface area (Å²) in [5, 5.41) is 12.1. The van der Waals surface area contributed by atoms with Crippen molar-refractivity contribution in [3.8, 4) is 11.3 Å². The minimum absolute atomic E-state index is 0.00548. The van der Waals surface area contributed by atoms with E-state index in [-0.39, 0.29) is 40.7 Å². The van der Waals surface area contributed by atoms with Gasteiger partial charge in [-0.2, -0.15) is 13.2 Å². The smallest absolute Gasteiger partial charge is 0.416 e. The van der Waals surface area contributed by atoms with Crippen LogP contribution in [0.1, 0.15) is 43.6 Å². The molecule has 0 unspecified atom stereocenters. The first-order chi connectivity index (χ1) is 20.4. The van der Waals surface area contributed by atoms with Gasteiger partial charge in [-0.25, -0.2) is 18.7 Å². The zero-order chi connectivity index (χ0) is 30.9. The van der Waals surface area contributed by atoms with E-state index < -0.39 is 29.3 Å². The second kappa shape index (κ2) is 12.7. The fraction of sp³-hybridized carbons (Fsp3) is 0.483. The second-order valence-corrected chi connectivity index (χ2v) is 12.1. The molecule has 14 heteroatoms. The van der Waals surface area contributed by atoms with E-state index in [1.165, 1.54) is 17.5 Å². The van der Waals surface area contributed by atoms with Crippen molar-refractivity contribution in [2.75, 3.05) is 42.9 Å². The van der Waals surface area contributed by atoms with Crippen molar-refractivity contribution in [2.24, 2.45) is 0 Å². The topological polar surface area (TPSA) is 84.8 Å². The molecule has 1 aromatic carbocycles. The van der Waals surface area contributed by atoms with Gasteiger partial charge in [0.1, 0.15) is 5.82 Å². The van der Waals surface area contributed by atoms with Crippen molar-refractivity contribution >= 4 is 33.9 Å². The van der Waals surface area contributed by atoms with Crippen LogP contribution in [0.15, 0.2) is 30.5 Å². The zero-order valence-electron chi connectivity index (χ0n) is 23.8. The van der Waals surface area contributed by atoms with Crippen LogP contribution in [0.4, 0.5) is 38.6 Å². The van der Waals surface area contributed by atoms with E-state index >= 15 is 4.39 Å². The first kappa shape index (κ1) is 31.1. The molecule has 2 fully saturated rings. The van der Waals surface area contributed by atoms with E-state index in [0.29, 0.717) is 55.9 Å². The minimum atomic E-state index is -4.73. The summed E-state index contributed by atoms with van der Waals surface area (Å²) in [5.41, 5.74) is -0.582. The summed E-state index contributed by atoms with van der Waals surface area (Å²) >= 11 is 1.18. The number of benzene rings is 1. The maximum absolute atomic E-state index is 15.7. The van der Waals surface area contributed by atoms with Crippen LogP contribution in [0.25, 0.3) is 11.3 Å². The van der Waals surface area contributed by atoms with Crippen molar-refractivity contribution in [1.29, 1.82) is 0 Å². The minimum Gasteiger partial charge on any atom is -0.481 e. The SMILES string of the molecule is C[C@@H]1CC[C@@H](C)N1Cc1sc(Nc2nccc(N3CCN(CCC(=O)O)CC3)c2F)nc1-c1cc(F)cc(C(F)(F)F)c1. The van der Waals surface area contributed by atoms with Crippen LogP contribution in [0.5, 0.6) is 0 Å². The molecule has 8 nitrogen and oxygen atoms in total. The summed E-state index contributed by atoms with van der Waals surface area (Å²) in [5.74, 6) is -2.58. The Labute approximate surface area is 250 Å². The number of carboxylic acid groups (broad SMARTS) is 1. The highest BCUT2D eigenvalue weighted by Crippen LogP contribution is 2.39. The van der Waals surface area contributed by atoms with Crippen LogP contribution in [0, 0.1) is 11.6 Å². The molecule has 0 radical (unpaired) electrons. The predicted octanol–water partition coefficient (Wildman–Crippen LogP) is 6.22. The Balaban J connectivity index is 1.42. The van der Waals surface area contributed by atoms with Gasteiger partial charge in [0, 0.05) is 68.0 Å². The monoisotopic (exact) mass is 624 g/mol. The molecule has 2 saturated heterocycles. The Morgan fingerprint density at radius 3 is 2.44 bits per heavy atom. The van der Waals surface area contributed by atoms with Crippen LogP contribution < -0.4 is 10.2 Å². The van der Waals surface area contributed by atoms with Crippen molar-refractivity contribution in [2.45, 2.75) is 57.9 Å². The molecular weight excluding hydrogens is 591 g/mol. The van der Waals surface area contributed by atoms with E-state index in [9.17, 15) is 22.4 Å². The molecule has 4 heterocycles. The Hall–Kier alpha value is -3.36. The number of nitrogens with zero attached hydrogens (tertiary/aromatic N) is 5. The normalized spacial score (nSPS) is 20.1. The van der Waals surface area contributed by atoms with Crippen molar-refractivity contribution in [1.82, 2.24) is 19.8 Å². The van der Waals surface area contributed by atoms with Crippen LogP contribution in [-0.4, -0.2) is 75.7 Å². The van der Waals surface area contributed by atoms with E-state index in [2.05, 4.69) is 34.0 Å². The number of likely N-dealkylation sites (tertiary alicyclic amines) is 1. The Morgan fingerprint density at radius 1 is 1.09 bits per heavy atom. The fourth-order valence-electron chi connectivity index (χ4n) is 5.69. The van der Waals surface area contributed by atoms with Gasteiger partial charge >= 0.3 is 12.1 Å². The van der Waals surface area contributed by atoms with Crippen molar-refractivity contribution in [3.05, 3.63) is 52.5 Å². The van der Waals surface area contributed by atoms with Crippen LogP contribution >= 0.6 is 11.3 Å². The number of hydrogen-bond acceptors (Lipinski definition) is 8. The molecule has 2 aromatic heterocycles. The van der Waals surface area contributed by atoms with Gasteiger partial charge < -0.3 is 15.3 Å². The predicted molar refractivity (Wildman–Crippen MR) is 155 cm³/mol. The largest absolute Gasteiger partial charge is 0.481 e. The molecule has 5 rings (SSSR count). The number of piperazine rings is 1. The molecule has 0 aliphatic carbocycles. The molecule has 2 aliphatic rings. The quantitative estimate of drug-likeness (QED) is 0.272. The van der Waals surface area contributed by atoms with Crippen LogP contribution in [-0.2, 0) is 17.5 Å². The van der Waals surface area contributed by atoms with Gasteiger partial charge in [-0.1, -0.05) is 11.3 Å². The number of nitrogens with one attached hydrogen (secondary N) is 1. The van der Waals surface area contributed by atoms with Gasteiger partial charge in [-0.3, -0.25) is 14.6 Å². The average Bonchev–Trinajstić information content (AvgIpc) is 3.50. The third kappa shape index (κ3) is 7.24. The molecule has 0 spiro atoms. The molecule has 2 aliphatic heterocycles. The second-order valence-electron chi connectivity index (χ2n) is 11.1. The number of rotatable bonds is 9. The molecule has 0 saturated carbocycles. The third-order valence-corrected chi connectivity index (χ3v) is 9.06. The number of anilines is 3. The van der Waals surface area contributed by atoms with Gasteiger partial charge in [-0.15, -0.1) is 0 Å². The van der Waals surface area contributed by atoms with E-state index in [4.69, 9.17) is 5.11 Å². The lowest BCUT2D eigenvalue weighted by Crippen LogP contribution is -2.47. The highest BCUT2D eigenvalue weighted by molar-refractivity contribution is 7.16. The molecule has 3 aromatic rings. The highest BCUT2D eigenvalue weighted by Gasteiger charge is 2.33. The Morgan fingerprint density at radius 2 is 1.79 bits per heavy atom. The maximum Gasteiger partial charge on any atom is 0.416 e. The lowest BCUT2D eigenvalue weighted by atomic mass is 10.1. The van der Waals surface area contributed by atoms with E-state index in [1.54, 1.807) is 6.07 Å². The lowest BCUT2D eigenvalue weighted by Gasteiger charge is -2.36. The van der Waals surface area contributed by atoms with Gasteiger partial charge in [0.05, 0.1) is 23.4 Å². The number of aromatic nitrogens is 2. The summed E-state index contributed by atoms with van der Waals surface area (Å²) in [6.07, 6.45) is -1.27. The standard InChI is InChI=1S/C29H33F5N6O2S/c1-17-3-4-18(2)40(17)16-23-26(19-13-20(29(32,33)34)15-21(30)14-19)36-28(43-23)37-27-25(31)22(5-7-35-27)39-11-9-38(10-12-39)8-6-24(41)42/h5,7,13-15,17-18H,3-4,6,8-12,16H2,1-2H3,(H,41,42)(H,35,36,37)/t17-,18-/m1/s1. The Kier molecular flexibility index (Phi) is 9.18. The zero-order valence-corrected chi connectivity index (χ0v) is 24.6. The number of hydrogen-bond donors (Lipinski definition) is 2. The Bertz CT molecular complexity index is 1450. The summed E-state index contributed by atoms with van der Waals surface area (Å²) < 4.78 is 70.7. The molecular formula is C29H33F5N6O2S. The third-order valence-electron chi connectivity index (χ3n) is 8.11. The van der Waals surface area contributed by atoms with E-state index in [1.807, 2.05) is 9.80 Å². The molecule has 0 bridgehead atoms. The molecule has 0 amide bonds. The van der Waals surface area contributed by atoms with Gasteiger partial charge in [-0.05, 0) is 51.0 Å². The first-order valence-corrected chi connectivity index (χ1v) is 14.9. The fourth-order valence-corrected chi connectivity index (χ4v) is 6.68. The van der Waals surface area contributed by atoms with Crippen LogP contribution in [0.3, 0.4) is 0 Å². The summed E-state index contributed by atoms with van der Waals surface area (Å²) in [4.78, 5) is 26.3. The van der Waals surface area contributed by atoms with Crippen LogP contribution in [0.2, 0.25) is 0 Å². The van der Waals surface area contributed by atoms with Crippen molar-refractivity contribution < 1.29 is 31.9 Å². The summed E-state index contributed by atoms with van der Waals surface area (Å²) in [7, 11) is 0. The van der Waals surface area contributed by atoms with Gasteiger partial charge in [0.25, 0.3) is 0 Å². The van der Waals surface area contributed by atoms with Crippen molar-refractivity contribution in [3.63, 3.8) is 0 Å². The number of halogens is 5. The van der Waals surface area contributed by atoms with Gasteiger partial charge in [0.15, 0.2) is 16.8 Å². The molecule has 2 atom stereocenters. The maximum atomic E-state index is 15.7. The highest BCUT2D eigenvalue weighted by atomic mass is 32.1. The molecule has 43 heavy (non-hydrogen) atoms. The average molecular weight is 625 g/mol. The lowest BCUT2D eigenvalue weighted by molar-refractivity contribution is -0.138. The van der Waals surface area contributed by atoms with E-state index in [0.717, 1.165) is 25.0 Å².